The van der Waals surface area contributed by atoms with Crippen molar-refractivity contribution in [3.8, 4) is 11.5 Å². The molecule has 0 aliphatic carbocycles. The number of H-pyrrole nitrogens is 2. The van der Waals surface area contributed by atoms with Crippen molar-refractivity contribution in [2.45, 2.75) is 79.0 Å². The summed E-state index contributed by atoms with van der Waals surface area (Å²) in [4.78, 5) is 12.1. The first-order chi connectivity index (χ1) is 30.6. The third-order valence-electron chi connectivity index (χ3n) is 11.2. The molecular formula is C49H55ClN6O7S2. The number of nitrogens with one attached hydrogen (secondary N) is 3. The van der Waals surface area contributed by atoms with Crippen LogP contribution in [0.1, 0.15) is 47.0 Å². The molecule has 10 rings (SSSR count). The van der Waals surface area contributed by atoms with Crippen molar-refractivity contribution in [2.24, 2.45) is 0 Å². The lowest BCUT2D eigenvalue weighted by Crippen LogP contribution is -2.25. The molecule has 13 nitrogen and oxygen atoms in total. The fraction of sp³-hybridized carbons (Fsp3) is 0.286. The maximum Gasteiger partial charge on any atom is 0.224 e. The molecule has 16 heteroatoms. The molecular weight excluding hydrogens is 884 g/mol. The summed E-state index contributed by atoms with van der Waals surface area (Å²) in [6, 6.07) is 36.4. The average Bonchev–Trinajstić information content (AvgIpc) is 4.15. The Hall–Kier alpha value is -5.84. The van der Waals surface area contributed by atoms with Crippen molar-refractivity contribution in [3.63, 3.8) is 0 Å². The molecule has 65 heavy (non-hydrogen) atoms. The highest BCUT2D eigenvalue weighted by Gasteiger charge is 2.28. The third kappa shape index (κ3) is 10.5. The van der Waals surface area contributed by atoms with Crippen LogP contribution in [-0.4, -0.2) is 93.3 Å². The molecule has 0 spiro atoms. The molecule has 0 amide bonds. The minimum Gasteiger partial charge on any atom is -0.489 e. The molecule has 2 fully saturated rings. The maximum absolute atomic E-state index is 13.6. The zero-order valence-electron chi connectivity index (χ0n) is 35.6. The molecule has 342 valence electrons. The van der Waals surface area contributed by atoms with Crippen LogP contribution in [0.5, 0.6) is 11.5 Å². The topological polar surface area (TPSA) is 176 Å². The van der Waals surface area contributed by atoms with Crippen LogP contribution in [0.2, 0.25) is 0 Å². The van der Waals surface area contributed by atoms with E-state index >= 15 is 0 Å². The number of aldehydes is 1. The van der Waals surface area contributed by atoms with Crippen LogP contribution < -0.4 is 14.8 Å². The Morgan fingerprint density at radius 3 is 1.63 bits per heavy atom. The Labute approximate surface area is 386 Å². The van der Waals surface area contributed by atoms with E-state index in [9.17, 15) is 21.6 Å². The van der Waals surface area contributed by atoms with Gasteiger partial charge in [0.05, 0.1) is 20.8 Å². The van der Waals surface area contributed by atoms with E-state index in [2.05, 4.69) is 37.5 Å². The highest BCUT2D eigenvalue weighted by molar-refractivity contribution is 7.92. The van der Waals surface area contributed by atoms with Crippen molar-refractivity contribution < 1.29 is 31.1 Å². The number of rotatable bonds is 11. The second kappa shape index (κ2) is 21.4. The van der Waals surface area contributed by atoms with E-state index in [1.165, 1.54) is 0 Å². The SMILES string of the molecule is C.CCC=O.CCCN1CCC(Oc2ccc3n[nH]c(S(=O)(=O)c4cccc5ccccc45)c3c2)C1.Cl.O=S(=O)(c1cccc2ccccc12)c1[nH]nc2ccc(OC3CCNC3)cc12. The van der Waals surface area contributed by atoms with E-state index in [0.717, 1.165) is 69.0 Å². The summed E-state index contributed by atoms with van der Waals surface area (Å²) in [6.07, 6.45) is 4.77. The molecule has 0 saturated carbocycles. The minimum absolute atomic E-state index is 0. The van der Waals surface area contributed by atoms with Gasteiger partial charge in [0.1, 0.15) is 30.0 Å². The smallest absolute Gasteiger partial charge is 0.224 e. The number of sulfone groups is 2. The van der Waals surface area contributed by atoms with Gasteiger partial charge in [-0.3, -0.25) is 15.1 Å². The molecule has 2 atom stereocenters. The normalized spacial score (nSPS) is 16.2. The van der Waals surface area contributed by atoms with Crippen molar-refractivity contribution in [3.05, 3.63) is 121 Å². The highest BCUT2D eigenvalue weighted by atomic mass is 35.5. The number of nitrogens with zero attached hydrogens (tertiary/aromatic N) is 3. The third-order valence-corrected chi connectivity index (χ3v) is 14.7. The molecule has 2 aliphatic heterocycles. The summed E-state index contributed by atoms with van der Waals surface area (Å²) in [7, 11) is -7.57. The van der Waals surface area contributed by atoms with Crippen molar-refractivity contribution in [1.82, 2.24) is 30.6 Å². The van der Waals surface area contributed by atoms with Gasteiger partial charge in [0.2, 0.25) is 19.7 Å². The number of fused-ring (bicyclic) bond motifs is 4. The van der Waals surface area contributed by atoms with E-state index in [0.29, 0.717) is 50.5 Å². The van der Waals surface area contributed by atoms with Gasteiger partial charge in [-0.2, -0.15) is 10.2 Å². The van der Waals surface area contributed by atoms with E-state index in [1.54, 1.807) is 42.5 Å². The van der Waals surface area contributed by atoms with E-state index in [-0.39, 0.29) is 51.9 Å². The van der Waals surface area contributed by atoms with E-state index in [4.69, 9.17) is 9.47 Å². The van der Waals surface area contributed by atoms with Crippen molar-refractivity contribution in [1.29, 1.82) is 0 Å². The van der Waals surface area contributed by atoms with Crippen LogP contribution in [0.3, 0.4) is 0 Å². The molecule has 2 unspecified atom stereocenters. The number of hydrogen-bond acceptors (Lipinski definition) is 11. The number of ether oxygens (including phenoxy) is 2. The monoisotopic (exact) mass is 938 g/mol. The highest BCUT2D eigenvalue weighted by Crippen LogP contribution is 2.35. The molecule has 2 aromatic heterocycles. The predicted octanol–water partition coefficient (Wildman–Crippen LogP) is 9.35. The van der Waals surface area contributed by atoms with Crippen LogP contribution in [0.25, 0.3) is 43.4 Å². The Balaban J connectivity index is 0.000000194. The first-order valence-electron chi connectivity index (χ1n) is 21.2. The van der Waals surface area contributed by atoms with Crippen LogP contribution in [0.15, 0.2) is 141 Å². The fourth-order valence-electron chi connectivity index (χ4n) is 8.09. The predicted molar refractivity (Wildman–Crippen MR) is 259 cm³/mol. The van der Waals surface area contributed by atoms with Crippen molar-refractivity contribution in [2.75, 3.05) is 32.7 Å². The summed E-state index contributed by atoms with van der Waals surface area (Å²) in [5.41, 5.74) is 1.20. The van der Waals surface area contributed by atoms with Crippen LogP contribution in [-0.2, 0) is 24.5 Å². The van der Waals surface area contributed by atoms with E-state index in [1.807, 2.05) is 85.8 Å². The molecule has 6 aromatic carbocycles. The average molecular weight is 940 g/mol. The zero-order valence-corrected chi connectivity index (χ0v) is 38.0. The molecule has 4 heterocycles. The number of hydrogen-bond donors (Lipinski definition) is 3. The molecule has 0 bridgehead atoms. The first kappa shape index (κ1) is 48.6. The number of halogens is 1. The summed E-state index contributed by atoms with van der Waals surface area (Å²) in [5, 5.41) is 21.6. The zero-order chi connectivity index (χ0) is 44.0. The molecule has 8 aromatic rings. The minimum atomic E-state index is -3.79. The Morgan fingerprint density at radius 2 is 1.15 bits per heavy atom. The first-order valence-corrected chi connectivity index (χ1v) is 24.2. The van der Waals surface area contributed by atoms with Gasteiger partial charge in [-0.05, 0) is 91.7 Å². The van der Waals surface area contributed by atoms with Gasteiger partial charge >= 0.3 is 0 Å². The van der Waals surface area contributed by atoms with E-state index < -0.39 is 19.7 Å². The van der Waals surface area contributed by atoms with Gasteiger partial charge in [-0.15, -0.1) is 12.4 Å². The second-order valence-electron chi connectivity index (χ2n) is 15.6. The second-order valence-corrected chi connectivity index (χ2v) is 19.3. The summed E-state index contributed by atoms with van der Waals surface area (Å²) in [5.74, 6) is 1.32. The number of aromatic nitrogens is 4. The van der Waals surface area contributed by atoms with Gasteiger partial charge in [0.15, 0.2) is 10.1 Å². The van der Waals surface area contributed by atoms with Gasteiger partial charge in [0, 0.05) is 47.6 Å². The quantitative estimate of drug-likeness (QED) is 0.105. The molecule has 2 saturated heterocycles. The lowest BCUT2D eigenvalue weighted by Gasteiger charge is -2.16. The van der Waals surface area contributed by atoms with Gasteiger partial charge in [-0.25, -0.2) is 16.8 Å². The maximum atomic E-state index is 13.6. The summed E-state index contributed by atoms with van der Waals surface area (Å²) < 4.78 is 66.3. The molecule has 2 aliphatic rings. The number of carbonyl (C=O) groups excluding carboxylic acids is 1. The molecule has 0 radical (unpaired) electrons. The van der Waals surface area contributed by atoms with Crippen molar-refractivity contribution >= 4 is 81.7 Å². The van der Waals surface area contributed by atoms with Gasteiger partial charge in [0.25, 0.3) is 0 Å². The van der Waals surface area contributed by atoms with Crippen LogP contribution in [0, 0.1) is 0 Å². The lowest BCUT2D eigenvalue weighted by molar-refractivity contribution is -0.107. The number of carbonyl (C=O) groups is 1. The standard InChI is InChI=1S/C24H25N3O3S.C21H19N3O3S.C3H6O.CH4.ClH/c1-2-13-27-14-12-19(16-27)30-18-10-11-22-21(15-18)24(26-25-22)31(28,29)23-9-5-7-17-6-3-4-8-20(17)23;25-28(26,20-7-3-5-14-4-1-2-6-17(14)20)21-18-12-15(8-9-19(18)23-24-21)27-16-10-11-22-13-16;1-2-3-4;;/h3-11,15,19H,2,12-14,16H2,1H3,(H,25,26);1-9,12,16,22H,10-11,13H2,(H,23,24);3H,2H2,1H3;1H4;1H. The number of likely N-dealkylation sites (tertiary alicyclic amines) is 1. The largest absolute Gasteiger partial charge is 0.489 e. The number of benzene rings is 6. The Bertz CT molecular complexity index is 3100. The Kier molecular flexibility index (Phi) is 16.0. The van der Waals surface area contributed by atoms with Crippen LogP contribution >= 0.6 is 12.4 Å². The van der Waals surface area contributed by atoms with Crippen LogP contribution in [0.4, 0.5) is 0 Å². The Morgan fingerprint density at radius 1 is 0.662 bits per heavy atom. The van der Waals surface area contributed by atoms with Gasteiger partial charge in [-0.1, -0.05) is 94.1 Å². The molecule has 3 N–H and O–H groups in total. The summed E-state index contributed by atoms with van der Waals surface area (Å²) in [6.45, 7) is 8.73. The van der Waals surface area contributed by atoms with Gasteiger partial charge < -0.3 is 19.6 Å². The summed E-state index contributed by atoms with van der Waals surface area (Å²) >= 11 is 0. The fourth-order valence-corrected chi connectivity index (χ4v) is 11.2. The lowest BCUT2D eigenvalue weighted by atomic mass is 10.1. The number of aromatic amines is 2.